The number of aliphatic carboxylic acids is 1. The number of halogens is 4. The largest absolute Gasteiger partial charge is 0.481 e. The zero-order valence-electron chi connectivity index (χ0n) is 8.15. The number of carboxylic acid groups (broad SMARTS) is 1. The van der Waals surface area contributed by atoms with Crippen LogP contribution in [-0.2, 0) is 4.79 Å². The fourth-order valence-electron chi connectivity index (χ4n) is 1.62. The quantitative estimate of drug-likeness (QED) is 0.808. The van der Waals surface area contributed by atoms with E-state index in [9.17, 15) is 18.0 Å². The summed E-state index contributed by atoms with van der Waals surface area (Å²) in [5.74, 6) is -1.27. The van der Waals surface area contributed by atoms with Crippen LogP contribution in [0.1, 0.15) is 20.3 Å². The molecule has 2 nitrogen and oxygen atoms in total. The van der Waals surface area contributed by atoms with E-state index in [-0.39, 0.29) is 6.42 Å². The highest BCUT2D eigenvalue weighted by Crippen LogP contribution is 2.65. The van der Waals surface area contributed by atoms with Crippen molar-refractivity contribution in [2.24, 2.45) is 10.8 Å². The van der Waals surface area contributed by atoms with E-state index in [1.54, 1.807) is 13.8 Å². The van der Waals surface area contributed by atoms with Crippen LogP contribution in [-0.4, -0.2) is 17.3 Å². The Kier molecular flexibility index (Phi) is 2.59. The molecular weight excluding hydrogens is 233 g/mol. The minimum Gasteiger partial charge on any atom is -0.481 e. The summed E-state index contributed by atoms with van der Waals surface area (Å²) in [4.78, 5) is 10.9. The van der Waals surface area contributed by atoms with Crippen LogP contribution < -0.4 is 0 Å². The lowest BCUT2D eigenvalue weighted by atomic mass is 9.95. The van der Waals surface area contributed by atoms with Gasteiger partial charge in [-0.15, -0.1) is 0 Å². The predicted octanol–water partition coefficient (Wildman–Crippen LogP) is 3.17. The first-order valence-corrected chi connectivity index (χ1v) is 4.60. The van der Waals surface area contributed by atoms with Gasteiger partial charge < -0.3 is 5.11 Å². The van der Waals surface area contributed by atoms with Gasteiger partial charge in [-0.2, -0.15) is 13.2 Å². The maximum absolute atomic E-state index is 12.1. The summed E-state index contributed by atoms with van der Waals surface area (Å²) < 4.78 is 36.4. The van der Waals surface area contributed by atoms with Crippen LogP contribution in [0.3, 0.4) is 0 Å². The molecule has 1 fully saturated rings. The summed E-state index contributed by atoms with van der Waals surface area (Å²) in [5.41, 5.74) is -2.15. The number of hydrogen-bond acceptors (Lipinski definition) is 1. The monoisotopic (exact) mass is 242 g/mol. The van der Waals surface area contributed by atoms with Crippen LogP contribution in [0.15, 0.2) is 11.1 Å². The summed E-state index contributed by atoms with van der Waals surface area (Å²) in [6, 6.07) is 0. The molecule has 0 radical (unpaired) electrons. The molecule has 1 aliphatic rings. The van der Waals surface area contributed by atoms with Gasteiger partial charge in [0.2, 0.25) is 0 Å². The number of allylic oxidation sites excluding steroid dienone is 1. The second-order valence-corrected chi connectivity index (χ2v) is 4.73. The van der Waals surface area contributed by atoms with Crippen LogP contribution >= 0.6 is 11.6 Å². The molecule has 0 spiro atoms. The molecule has 0 saturated heterocycles. The molecule has 1 unspecified atom stereocenters. The Balaban J connectivity index is 3.04. The maximum atomic E-state index is 12.1. The lowest BCUT2D eigenvalue weighted by Gasteiger charge is -2.12. The molecule has 86 valence electrons. The fraction of sp³-hybridized carbons (Fsp3) is 0.667. The van der Waals surface area contributed by atoms with E-state index < -0.39 is 28.0 Å². The summed E-state index contributed by atoms with van der Waals surface area (Å²) in [5, 5.41) is 7.52. The van der Waals surface area contributed by atoms with Gasteiger partial charge in [0.05, 0.1) is 5.41 Å². The minimum absolute atomic E-state index is 0.168. The molecule has 1 rings (SSSR count). The lowest BCUT2D eigenvalue weighted by Crippen LogP contribution is -2.20. The average molecular weight is 243 g/mol. The molecule has 15 heavy (non-hydrogen) atoms. The number of hydrogen-bond donors (Lipinski definition) is 1. The van der Waals surface area contributed by atoms with Gasteiger partial charge >= 0.3 is 12.1 Å². The minimum atomic E-state index is -4.68. The molecule has 1 atom stereocenters. The van der Waals surface area contributed by atoms with Gasteiger partial charge in [-0.1, -0.05) is 25.4 Å². The SMILES string of the molecule is CC1(C)CC1(C=C(Cl)C(F)(F)F)C(=O)O. The van der Waals surface area contributed by atoms with Crippen LogP contribution in [0.4, 0.5) is 13.2 Å². The van der Waals surface area contributed by atoms with Gasteiger partial charge in [-0.3, -0.25) is 4.79 Å². The Bertz CT molecular complexity index is 333. The molecular formula is C9H10ClF3O2. The lowest BCUT2D eigenvalue weighted by molar-refractivity contribution is -0.142. The molecule has 0 heterocycles. The fourth-order valence-corrected chi connectivity index (χ4v) is 1.81. The van der Waals surface area contributed by atoms with Crippen molar-refractivity contribution in [3.63, 3.8) is 0 Å². The van der Waals surface area contributed by atoms with Gasteiger partial charge in [0.25, 0.3) is 0 Å². The van der Waals surface area contributed by atoms with Crippen molar-refractivity contribution >= 4 is 17.6 Å². The zero-order chi connectivity index (χ0) is 12.1. The first-order valence-electron chi connectivity index (χ1n) is 4.22. The summed E-state index contributed by atoms with van der Waals surface area (Å²) >= 11 is 5.03. The average Bonchev–Trinajstić information content (AvgIpc) is 2.52. The topological polar surface area (TPSA) is 37.3 Å². The van der Waals surface area contributed by atoms with Gasteiger partial charge in [0, 0.05) is 0 Å². The summed E-state index contributed by atoms with van der Waals surface area (Å²) in [7, 11) is 0. The molecule has 0 amide bonds. The van der Waals surface area contributed by atoms with Crippen molar-refractivity contribution in [3.05, 3.63) is 11.1 Å². The molecule has 6 heteroatoms. The Hall–Kier alpha value is -0.710. The predicted molar refractivity (Wildman–Crippen MR) is 48.5 cm³/mol. The highest BCUT2D eigenvalue weighted by Gasteiger charge is 2.66. The highest BCUT2D eigenvalue weighted by molar-refractivity contribution is 6.30. The van der Waals surface area contributed by atoms with Gasteiger partial charge in [-0.05, 0) is 17.9 Å². The van der Waals surface area contributed by atoms with Crippen molar-refractivity contribution in [3.8, 4) is 0 Å². The first kappa shape index (κ1) is 12.4. The van der Waals surface area contributed by atoms with Crippen molar-refractivity contribution in [1.82, 2.24) is 0 Å². The van der Waals surface area contributed by atoms with Gasteiger partial charge in [0.15, 0.2) is 0 Å². The van der Waals surface area contributed by atoms with E-state index >= 15 is 0 Å². The van der Waals surface area contributed by atoms with Crippen LogP contribution in [0.2, 0.25) is 0 Å². The second-order valence-electron chi connectivity index (χ2n) is 4.33. The zero-order valence-corrected chi connectivity index (χ0v) is 8.91. The molecule has 0 aromatic carbocycles. The second kappa shape index (κ2) is 3.14. The molecule has 0 aliphatic heterocycles. The smallest absolute Gasteiger partial charge is 0.426 e. The highest BCUT2D eigenvalue weighted by atomic mass is 35.5. The van der Waals surface area contributed by atoms with Gasteiger partial charge in [-0.25, -0.2) is 0 Å². The maximum Gasteiger partial charge on any atom is 0.426 e. The normalized spacial score (nSPS) is 30.1. The van der Waals surface area contributed by atoms with Crippen LogP contribution in [0.25, 0.3) is 0 Å². The number of rotatable bonds is 2. The number of alkyl halides is 3. The van der Waals surface area contributed by atoms with Crippen molar-refractivity contribution in [1.29, 1.82) is 0 Å². The molecule has 1 aliphatic carbocycles. The van der Waals surface area contributed by atoms with Crippen molar-refractivity contribution < 1.29 is 23.1 Å². The molecule has 1 saturated carbocycles. The molecule has 0 bridgehead atoms. The van der Waals surface area contributed by atoms with Gasteiger partial charge in [0.1, 0.15) is 5.03 Å². The van der Waals surface area contributed by atoms with E-state index in [0.717, 1.165) is 0 Å². The third-order valence-electron chi connectivity index (χ3n) is 2.83. The standard InChI is InChI=1S/C9H10ClF3O2/c1-7(2)4-8(7,6(14)15)3-5(10)9(11,12)13/h3H,4H2,1-2H3,(H,14,15). The molecule has 0 aromatic rings. The third kappa shape index (κ3) is 1.97. The number of carboxylic acids is 1. The first-order chi connectivity index (χ1) is 6.53. The van der Waals surface area contributed by atoms with Crippen LogP contribution in [0.5, 0.6) is 0 Å². The van der Waals surface area contributed by atoms with E-state index in [4.69, 9.17) is 16.7 Å². The number of carbonyl (C=O) groups is 1. The van der Waals surface area contributed by atoms with E-state index in [2.05, 4.69) is 0 Å². The Morgan fingerprint density at radius 1 is 1.47 bits per heavy atom. The Labute approximate surface area is 89.7 Å². The Morgan fingerprint density at radius 2 is 1.87 bits per heavy atom. The molecule has 0 aromatic heterocycles. The van der Waals surface area contributed by atoms with E-state index in [1.165, 1.54) is 0 Å². The summed E-state index contributed by atoms with van der Waals surface area (Å²) in [6.45, 7) is 3.19. The summed E-state index contributed by atoms with van der Waals surface area (Å²) in [6.07, 6.45) is -3.90. The Morgan fingerprint density at radius 3 is 2.07 bits per heavy atom. The van der Waals surface area contributed by atoms with E-state index in [0.29, 0.717) is 6.08 Å². The van der Waals surface area contributed by atoms with Crippen molar-refractivity contribution in [2.45, 2.75) is 26.4 Å². The van der Waals surface area contributed by atoms with Crippen LogP contribution in [0, 0.1) is 10.8 Å². The molecule has 1 N–H and O–H groups in total. The third-order valence-corrected chi connectivity index (χ3v) is 3.15. The van der Waals surface area contributed by atoms with E-state index in [1.807, 2.05) is 0 Å². The van der Waals surface area contributed by atoms with Crippen molar-refractivity contribution in [2.75, 3.05) is 0 Å².